The van der Waals surface area contributed by atoms with E-state index in [-0.39, 0.29) is 0 Å². The maximum atomic E-state index is 5.46. The molecule has 0 saturated carbocycles. The largest absolute Gasteiger partial charge is 0.329 e. The Balaban J connectivity index is 2.61. The lowest BCUT2D eigenvalue weighted by Gasteiger charge is -1.81. The van der Waals surface area contributed by atoms with Crippen molar-refractivity contribution in [2.24, 2.45) is 0 Å². The first-order chi connectivity index (χ1) is 4.33. The normalized spacial score (nSPS) is 9.89. The molecule has 0 aliphatic heterocycles. The van der Waals surface area contributed by atoms with E-state index in [1.807, 2.05) is 6.20 Å². The van der Waals surface area contributed by atoms with Gasteiger partial charge >= 0.3 is 5.13 Å². The summed E-state index contributed by atoms with van der Waals surface area (Å²) in [6.45, 7) is 0. The molecule has 0 aliphatic carbocycles. The van der Waals surface area contributed by atoms with Gasteiger partial charge in [0.2, 0.25) is 0 Å². The first-order valence-electron chi connectivity index (χ1n) is 2.65. The van der Waals surface area contributed by atoms with E-state index in [0.717, 1.165) is 16.9 Å². The number of aromatic amines is 1. The fraction of sp³-hybridized carbons (Fsp3) is 0.400. The summed E-state index contributed by atoms with van der Waals surface area (Å²) in [5.74, 6) is 0. The number of H-pyrrole nitrogens is 1. The van der Waals surface area contributed by atoms with Crippen LogP contribution in [0.4, 0.5) is 5.13 Å². The van der Waals surface area contributed by atoms with Crippen LogP contribution in [0.3, 0.4) is 0 Å². The molecule has 1 aromatic heterocycles. The molecule has 2 nitrogen and oxygen atoms in total. The first kappa shape index (κ1) is 7.02. The minimum atomic E-state index is 0.783. The van der Waals surface area contributed by atoms with Crippen LogP contribution < -0.4 is 10.7 Å². The number of aryl methyl sites for hydroxylation is 1. The summed E-state index contributed by atoms with van der Waals surface area (Å²) in [4.78, 5) is 4.22. The Kier molecular flexibility index (Phi) is 2.48. The van der Waals surface area contributed by atoms with Crippen LogP contribution in [0.15, 0.2) is 6.20 Å². The molecular formula is C5H8BrN2S+. The van der Waals surface area contributed by atoms with Crippen LogP contribution in [0.25, 0.3) is 0 Å². The zero-order valence-electron chi connectivity index (χ0n) is 4.86. The minimum absolute atomic E-state index is 0.783. The van der Waals surface area contributed by atoms with E-state index < -0.39 is 0 Å². The molecule has 0 aliphatic rings. The monoisotopic (exact) mass is 207 g/mol. The van der Waals surface area contributed by atoms with Gasteiger partial charge in [-0.1, -0.05) is 27.3 Å². The van der Waals surface area contributed by atoms with E-state index in [9.17, 15) is 0 Å². The lowest BCUT2D eigenvalue weighted by Crippen LogP contribution is -2.01. The molecular weight excluding hydrogens is 200 g/mol. The summed E-state index contributed by atoms with van der Waals surface area (Å²) in [7, 11) is 0. The molecule has 1 aromatic rings. The Morgan fingerprint density at radius 1 is 1.78 bits per heavy atom. The molecule has 9 heavy (non-hydrogen) atoms. The number of nitrogen functional groups attached to an aromatic ring is 1. The average molecular weight is 208 g/mol. The van der Waals surface area contributed by atoms with Crippen molar-refractivity contribution < 1.29 is 4.98 Å². The van der Waals surface area contributed by atoms with Gasteiger partial charge in [0.15, 0.2) is 0 Å². The van der Waals surface area contributed by atoms with Crippen LogP contribution in [0.1, 0.15) is 4.88 Å². The predicted octanol–water partition coefficient (Wildman–Crippen LogP) is 1.08. The molecule has 50 valence electrons. The van der Waals surface area contributed by atoms with E-state index in [1.54, 1.807) is 11.3 Å². The van der Waals surface area contributed by atoms with Crippen LogP contribution >= 0.6 is 27.3 Å². The summed E-state index contributed by atoms with van der Waals surface area (Å²) in [6.07, 6.45) is 3.00. The lowest BCUT2D eigenvalue weighted by atomic mass is 10.4. The fourth-order valence-corrected chi connectivity index (χ4v) is 1.98. The quantitative estimate of drug-likeness (QED) is 0.726. The Hall–Kier alpha value is -0.0900. The van der Waals surface area contributed by atoms with Crippen molar-refractivity contribution in [2.75, 3.05) is 11.1 Å². The minimum Gasteiger partial charge on any atom is -0.278 e. The third-order valence-corrected chi connectivity index (χ3v) is 2.28. The van der Waals surface area contributed by atoms with Gasteiger partial charge in [-0.2, -0.15) is 0 Å². The topological polar surface area (TPSA) is 40.2 Å². The number of alkyl halides is 1. The van der Waals surface area contributed by atoms with Crippen LogP contribution in [0, 0.1) is 0 Å². The number of anilines is 1. The van der Waals surface area contributed by atoms with Gasteiger partial charge in [0.1, 0.15) is 6.20 Å². The molecule has 0 unspecified atom stereocenters. The Labute approximate surface area is 66.2 Å². The molecule has 0 saturated heterocycles. The number of nitrogens with one attached hydrogen (secondary N) is 1. The molecule has 4 heteroatoms. The van der Waals surface area contributed by atoms with Crippen molar-refractivity contribution in [1.29, 1.82) is 0 Å². The average Bonchev–Trinajstić information content (AvgIpc) is 2.17. The third-order valence-electron chi connectivity index (χ3n) is 0.957. The fourth-order valence-electron chi connectivity index (χ4n) is 0.568. The van der Waals surface area contributed by atoms with E-state index >= 15 is 0 Å². The van der Waals surface area contributed by atoms with Gasteiger partial charge in [0.05, 0.1) is 4.88 Å². The van der Waals surface area contributed by atoms with Crippen LogP contribution in [-0.2, 0) is 6.42 Å². The highest BCUT2D eigenvalue weighted by atomic mass is 79.9. The summed E-state index contributed by atoms with van der Waals surface area (Å²) < 4.78 is 0. The summed E-state index contributed by atoms with van der Waals surface area (Å²) in [5, 5.41) is 1.78. The second-order valence-corrected chi connectivity index (χ2v) is 3.62. The van der Waals surface area contributed by atoms with Gasteiger partial charge in [-0.3, -0.25) is 5.73 Å². The van der Waals surface area contributed by atoms with Crippen molar-refractivity contribution in [2.45, 2.75) is 6.42 Å². The molecule has 0 fully saturated rings. The van der Waals surface area contributed by atoms with Crippen LogP contribution in [-0.4, -0.2) is 5.33 Å². The standard InChI is InChI=1S/C5H7BrN2S/c6-2-1-4-3-8-5(7)9-4/h3H,1-2H2,(H2,7,8)/p+1. The van der Waals surface area contributed by atoms with Crippen molar-refractivity contribution in [3.05, 3.63) is 11.1 Å². The van der Waals surface area contributed by atoms with Gasteiger partial charge in [-0.25, -0.2) is 4.98 Å². The molecule has 0 radical (unpaired) electrons. The molecule has 0 spiro atoms. The third kappa shape index (κ3) is 1.95. The van der Waals surface area contributed by atoms with Gasteiger partial charge < -0.3 is 0 Å². The van der Waals surface area contributed by atoms with Gasteiger partial charge in [-0.05, 0) is 6.42 Å². The Bertz CT molecular complexity index is 187. The number of aromatic nitrogens is 1. The maximum Gasteiger partial charge on any atom is 0.329 e. The molecule has 0 bridgehead atoms. The SMILES string of the molecule is Nc1[nH+]cc(CCBr)s1. The van der Waals surface area contributed by atoms with Crippen molar-refractivity contribution in [1.82, 2.24) is 0 Å². The molecule has 0 aromatic carbocycles. The molecule has 0 amide bonds. The molecule has 0 atom stereocenters. The van der Waals surface area contributed by atoms with Crippen molar-refractivity contribution in [3.63, 3.8) is 0 Å². The summed E-state index contributed by atoms with van der Waals surface area (Å²) in [6, 6.07) is 0. The molecule has 1 rings (SSSR count). The zero-order chi connectivity index (χ0) is 6.69. The number of hydrogen-bond donors (Lipinski definition) is 1. The first-order valence-corrected chi connectivity index (χ1v) is 4.58. The van der Waals surface area contributed by atoms with Gasteiger partial charge in [0.25, 0.3) is 0 Å². The highest BCUT2D eigenvalue weighted by molar-refractivity contribution is 9.09. The van der Waals surface area contributed by atoms with Crippen LogP contribution in [0.5, 0.6) is 0 Å². The summed E-state index contributed by atoms with van der Waals surface area (Å²) in [5.41, 5.74) is 5.46. The second kappa shape index (κ2) is 3.17. The highest BCUT2D eigenvalue weighted by Gasteiger charge is 1.99. The smallest absolute Gasteiger partial charge is 0.278 e. The Morgan fingerprint density at radius 3 is 3.00 bits per heavy atom. The Morgan fingerprint density at radius 2 is 2.56 bits per heavy atom. The van der Waals surface area contributed by atoms with E-state index in [4.69, 9.17) is 5.73 Å². The summed E-state index contributed by atoms with van der Waals surface area (Å²) >= 11 is 4.95. The van der Waals surface area contributed by atoms with E-state index in [2.05, 4.69) is 20.9 Å². The predicted molar refractivity (Wildman–Crippen MR) is 42.8 cm³/mol. The van der Waals surface area contributed by atoms with E-state index in [0.29, 0.717) is 0 Å². The molecule has 1 heterocycles. The maximum absolute atomic E-state index is 5.46. The number of rotatable bonds is 2. The van der Waals surface area contributed by atoms with Crippen molar-refractivity contribution in [3.8, 4) is 0 Å². The van der Waals surface area contributed by atoms with Crippen molar-refractivity contribution >= 4 is 32.4 Å². The number of halogens is 1. The lowest BCUT2D eigenvalue weighted by molar-refractivity contribution is -0.354. The highest BCUT2D eigenvalue weighted by Crippen LogP contribution is 2.11. The van der Waals surface area contributed by atoms with E-state index in [1.165, 1.54) is 4.88 Å². The van der Waals surface area contributed by atoms with Crippen LogP contribution in [0.2, 0.25) is 0 Å². The number of hydrogen-bond acceptors (Lipinski definition) is 2. The molecule has 3 N–H and O–H groups in total. The number of nitrogens with two attached hydrogens (primary N) is 1. The second-order valence-electron chi connectivity index (χ2n) is 1.66. The van der Waals surface area contributed by atoms with Gasteiger partial charge in [-0.15, -0.1) is 0 Å². The van der Waals surface area contributed by atoms with Gasteiger partial charge in [0, 0.05) is 5.33 Å². The number of thiazole rings is 1. The zero-order valence-corrected chi connectivity index (χ0v) is 7.26.